The van der Waals surface area contributed by atoms with Crippen molar-refractivity contribution in [1.29, 1.82) is 0 Å². The van der Waals surface area contributed by atoms with Crippen molar-refractivity contribution in [1.82, 2.24) is 25.3 Å². The Morgan fingerprint density at radius 1 is 1.13 bits per heavy atom. The molecule has 10 nitrogen and oxygen atoms in total. The number of fused-ring (bicyclic) bond motifs is 1. The molecule has 1 aromatic heterocycles. The zero-order valence-corrected chi connectivity index (χ0v) is 17.0. The predicted octanol–water partition coefficient (Wildman–Crippen LogP) is 0.271. The summed E-state index contributed by atoms with van der Waals surface area (Å²) in [4.78, 5) is 51.9. The lowest BCUT2D eigenvalue weighted by atomic mass is 10.1. The zero-order chi connectivity index (χ0) is 21.7. The molecular formula is C20H25N5O5. The maximum atomic E-state index is 12.7. The quantitative estimate of drug-likeness (QED) is 0.722. The first-order valence-corrected chi connectivity index (χ1v) is 9.86. The standard InChI is InChI=1S/C20H25N5O5/c1-3-30-20(29)25-10-8-24(9-11-25)19(28)13(2)21-17(26)12-16-14-6-4-5-7-15(14)18(27)23-22-16/h4-7,13H,3,8-12H2,1-2H3,(H,21,26)(H,23,27)/t13-/m0/s1. The molecule has 1 aliphatic rings. The van der Waals surface area contributed by atoms with Crippen LogP contribution in [0.2, 0.25) is 0 Å². The summed E-state index contributed by atoms with van der Waals surface area (Å²) in [6, 6.07) is 6.19. The highest BCUT2D eigenvalue weighted by atomic mass is 16.6. The van der Waals surface area contributed by atoms with Crippen LogP contribution in [0, 0.1) is 0 Å². The maximum Gasteiger partial charge on any atom is 0.409 e. The minimum atomic E-state index is -0.722. The highest BCUT2D eigenvalue weighted by molar-refractivity contribution is 5.91. The van der Waals surface area contributed by atoms with Crippen LogP contribution in [-0.4, -0.2) is 76.7 Å². The van der Waals surface area contributed by atoms with Crippen LogP contribution in [0.5, 0.6) is 0 Å². The molecule has 0 unspecified atom stereocenters. The third-order valence-electron chi connectivity index (χ3n) is 4.97. The zero-order valence-electron chi connectivity index (χ0n) is 17.0. The van der Waals surface area contributed by atoms with E-state index in [1.165, 1.54) is 0 Å². The fourth-order valence-electron chi connectivity index (χ4n) is 3.41. The Kier molecular flexibility index (Phi) is 6.65. The summed E-state index contributed by atoms with van der Waals surface area (Å²) in [5.74, 6) is -0.586. The van der Waals surface area contributed by atoms with E-state index < -0.39 is 6.04 Å². The van der Waals surface area contributed by atoms with Gasteiger partial charge in [0.05, 0.1) is 24.1 Å². The Morgan fingerprint density at radius 3 is 2.43 bits per heavy atom. The molecule has 2 N–H and O–H groups in total. The van der Waals surface area contributed by atoms with Crippen molar-refractivity contribution in [2.75, 3.05) is 32.8 Å². The summed E-state index contributed by atoms with van der Waals surface area (Å²) in [7, 11) is 0. The summed E-state index contributed by atoms with van der Waals surface area (Å²) in [6.07, 6.45) is -0.447. The molecule has 1 aliphatic heterocycles. The number of hydrogen-bond donors (Lipinski definition) is 2. The number of carbonyl (C=O) groups is 3. The van der Waals surface area contributed by atoms with Crippen LogP contribution >= 0.6 is 0 Å². The minimum Gasteiger partial charge on any atom is -0.450 e. The highest BCUT2D eigenvalue weighted by Crippen LogP contribution is 2.13. The van der Waals surface area contributed by atoms with E-state index in [1.807, 2.05) is 0 Å². The number of nitrogens with zero attached hydrogens (tertiary/aromatic N) is 3. The third-order valence-corrected chi connectivity index (χ3v) is 4.97. The van der Waals surface area contributed by atoms with E-state index in [2.05, 4.69) is 15.5 Å². The van der Waals surface area contributed by atoms with Crippen molar-refractivity contribution >= 4 is 28.7 Å². The minimum absolute atomic E-state index is 0.0639. The van der Waals surface area contributed by atoms with Crippen LogP contribution in [0.4, 0.5) is 4.79 Å². The number of nitrogens with one attached hydrogen (secondary N) is 2. The van der Waals surface area contributed by atoms with Gasteiger partial charge in [0.15, 0.2) is 0 Å². The lowest BCUT2D eigenvalue weighted by Gasteiger charge is -2.35. The number of benzene rings is 1. The smallest absolute Gasteiger partial charge is 0.409 e. The number of rotatable bonds is 5. The topological polar surface area (TPSA) is 125 Å². The first kappa shape index (κ1) is 21.3. The fraction of sp³-hybridized carbons (Fsp3) is 0.450. The van der Waals surface area contributed by atoms with Gasteiger partial charge in [0, 0.05) is 31.6 Å². The normalized spacial score (nSPS) is 15.0. The van der Waals surface area contributed by atoms with Gasteiger partial charge < -0.3 is 19.9 Å². The Morgan fingerprint density at radius 2 is 1.77 bits per heavy atom. The van der Waals surface area contributed by atoms with E-state index in [-0.39, 0.29) is 29.9 Å². The molecule has 0 saturated carbocycles. The first-order valence-electron chi connectivity index (χ1n) is 9.86. The van der Waals surface area contributed by atoms with Crippen LogP contribution in [0.3, 0.4) is 0 Å². The molecule has 30 heavy (non-hydrogen) atoms. The molecular weight excluding hydrogens is 390 g/mol. The van der Waals surface area contributed by atoms with Crippen molar-refractivity contribution in [3.8, 4) is 0 Å². The Labute approximate surface area is 173 Å². The number of ether oxygens (including phenoxy) is 1. The molecule has 3 rings (SSSR count). The number of hydrogen-bond acceptors (Lipinski definition) is 6. The van der Waals surface area contributed by atoms with Crippen LogP contribution in [-0.2, 0) is 20.7 Å². The second-order valence-electron chi connectivity index (χ2n) is 7.02. The van der Waals surface area contributed by atoms with Gasteiger partial charge in [-0.3, -0.25) is 14.4 Å². The number of carbonyl (C=O) groups excluding carboxylic acids is 3. The van der Waals surface area contributed by atoms with Crippen molar-refractivity contribution < 1.29 is 19.1 Å². The lowest BCUT2D eigenvalue weighted by molar-refractivity contribution is -0.137. The van der Waals surface area contributed by atoms with Gasteiger partial charge in [0.25, 0.3) is 5.56 Å². The molecule has 0 radical (unpaired) electrons. The van der Waals surface area contributed by atoms with E-state index in [4.69, 9.17) is 4.74 Å². The summed E-state index contributed by atoms with van der Waals surface area (Å²) in [6.45, 7) is 5.20. The van der Waals surface area contributed by atoms with Gasteiger partial charge in [-0.1, -0.05) is 18.2 Å². The second-order valence-corrected chi connectivity index (χ2v) is 7.02. The van der Waals surface area contributed by atoms with Crippen molar-refractivity contribution in [2.24, 2.45) is 0 Å². The molecule has 0 aliphatic carbocycles. The van der Waals surface area contributed by atoms with Crippen molar-refractivity contribution in [3.05, 3.63) is 40.3 Å². The first-order chi connectivity index (χ1) is 14.4. The SMILES string of the molecule is CCOC(=O)N1CCN(C(=O)[C@H](C)NC(=O)Cc2n[nH]c(=O)c3ccccc23)CC1. The monoisotopic (exact) mass is 415 g/mol. The third kappa shape index (κ3) is 4.76. The van der Waals surface area contributed by atoms with Gasteiger partial charge in [0.2, 0.25) is 11.8 Å². The maximum absolute atomic E-state index is 12.7. The van der Waals surface area contributed by atoms with Gasteiger partial charge >= 0.3 is 6.09 Å². The average Bonchev–Trinajstić information content (AvgIpc) is 2.75. The molecule has 2 aromatic rings. The van der Waals surface area contributed by atoms with E-state index in [1.54, 1.807) is 47.9 Å². The Hall–Kier alpha value is -3.43. The van der Waals surface area contributed by atoms with Crippen LogP contribution in [0.15, 0.2) is 29.1 Å². The number of aromatic amines is 1. The van der Waals surface area contributed by atoms with Crippen LogP contribution in [0.25, 0.3) is 10.8 Å². The molecule has 1 fully saturated rings. The molecule has 160 valence electrons. The van der Waals surface area contributed by atoms with Gasteiger partial charge in [-0.05, 0) is 19.9 Å². The number of H-pyrrole nitrogens is 1. The van der Waals surface area contributed by atoms with Crippen LogP contribution < -0.4 is 10.9 Å². The second kappa shape index (κ2) is 9.38. The summed E-state index contributed by atoms with van der Waals surface area (Å²) < 4.78 is 4.97. The summed E-state index contributed by atoms with van der Waals surface area (Å²) in [5, 5.41) is 10.1. The number of amides is 3. The average molecular weight is 415 g/mol. The number of aromatic nitrogens is 2. The Bertz CT molecular complexity index is 996. The van der Waals surface area contributed by atoms with E-state index in [9.17, 15) is 19.2 Å². The lowest BCUT2D eigenvalue weighted by Crippen LogP contribution is -2.55. The summed E-state index contributed by atoms with van der Waals surface area (Å²) >= 11 is 0. The molecule has 2 heterocycles. The summed E-state index contributed by atoms with van der Waals surface area (Å²) in [5.41, 5.74) is 0.116. The van der Waals surface area contributed by atoms with Crippen molar-refractivity contribution in [3.63, 3.8) is 0 Å². The molecule has 0 spiro atoms. The van der Waals surface area contributed by atoms with Gasteiger partial charge in [-0.15, -0.1) is 0 Å². The van der Waals surface area contributed by atoms with Crippen molar-refractivity contribution in [2.45, 2.75) is 26.3 Å². The van der Waals surface area contributed by atoms with E-state index in [0.717, 1.165) is 0 Å². The van der Waals surface area contributed by atoms with Crippen LogP contribution in [0.1, 0.15) is 19.5 Å². The molecule has 1 saturated heterocycles. The molecule has 1 aromatic carbocycles. The van der Waals surface area contributed by atoms with Gasteiger partial charge in [0.1, 0.15) is 6.04 Å². The fourth-order valence-corrected chi connectivity index (χ4v) is 3.41. The van der Waals surface area contributed by atoms with E-state index >= 15 is 0 Å². The molecule has 1 atom stereocenters. The molecule has 3 amide bonds. The molecule has 0 bridgehead atoms. The predicted molar refractivity (Wildman–Crippen MR) is 109 cm³/mol. The number of piperazine rings is 1. The largest absolute Gasteiger partial charge is 0.450 e. The van der Waals surface area contributed by atoms with E-state index in [0.29, 0.717) is 49.3 Å². The van der Waals surface area contributed by atoms with Gasteiger partial charge in [-0.25, -0.2) is 9.89 Å². The highest BCUT2D eigenvalue weighted by Gasteiger charge is 2.28. The molecule has 10 heteroatoms. The Balaban J connectivity index is 1.56. The van der Waals surface area contributed by atoms with Gasteiger partial charge in [-0.2, -0.15) is 5.10 Å².